The topological polar surface area (TPSA) is 68.1 Å². The number of aryl methyl sites for hydroxylation is 1. The molecule has 1 aromatic carbocycles. The summed E-state index contributed by atoms with van der Waals surface area (Å²) in [5, 5.41) is 17.2. The molecule has 0 radical (unpaired) electrons. The Kier molecular flexibility index (Phi) is 4.01. The van der Waals surface area contributed by atoms with Crippen LogP contribution in [0.3, 0.4) is 0 Å². The normalized spacial score (nSPS) is 12.2. The Hall–Kier alpha value is -1.66. The van der Waals surface area contributed by atoms with Gasteiger partial charge in [0.2, 0.25) is 0 Å². The Morgan fingerprint density at radius 1 is 1.53 bits per heavy atom. The van der Waals surface area contributed by atoms with E-state index in [1.165, 1.54) is 17.4 Å². The van der Waals surface area contributed by atoms with E-state index < -0.39 is 4.92 Å². The van der Waals surface area contributed by atoms with Crippen LogP contribution in [0.25, 0.3) is 0 Å². The van der Waals surface area contributed by atoms with Gasteiger partial charge in [-0.1, -0.05) is 17.7 Å². The summed E-state index contributed by atoms with van der Waals surface area (Å²) < 4.78 is 0. The number of thiazole rings is 1. The summed E-state index contributed by atoms with van der Waals surface area (Å²) >= 11 is 7.54. The number of nitrogens with zero attached hydrogens (tertiary/aromatic N) is 2. The van der Waals surface area contributed by atoms with Gasteiger partial charge >= 0.3 is 0 Å². The van der Waals surface area contributed by atoms with Gasteiger partial charge in [0.1, 0.15) is 10.7 Å². The van der Waals surface area contributed by atoms with Crippen molar-refractivity contribution in [1.29, 1.82) is 0 Å². The molecule has 19 heavy (non-hydrogen) atoms. The van der Waals surface area contributed by atoms with Crippen molar-refractivity contribution in [2.24, 2.45) is 0 Å². The minimum absolute atomic E-state index is 0.0346. The zero-order chi connectivity index (χ0) is 14.0. The van der Waals surface area contributed by atoms with E-state index in [9.17, 15) is 10.1 Å². The number of para-hydroxylation sites is 1. The van der Waals surface area contributed by atoms with Crippen molar-refractivity contribution in [2.75, 3.05) is 5.32 Å². The Balaban J connectivity index is 2.30. The van der Waals surface area contributed by atoms with Crippen LogP contribution in [0.5, 0.6) is 0 Å². The largest absolute Gasteiger partial charge is 0.369 e. The lowest BCUT2D eigenvalue weighted by Gasteiger charge is -2.14. The molecule has 0 spiro atoms. The average Bonchev–Trinajstić information content (AvgIpc) is 2.78. The highest BCUT2D eigenvalue weighted by molar-refractivity contribution is 7.09. The molecule has 0 saturated carbocycles. The molecule has 0 bridgehead atoms. The highest BCUT2D eigenvalue weighted by atomic mass is 35.5. The molecule has 2 aromatic rings. The molecule has 0 aliphatic carbocycles. The second-order valence-electron chi connectivity index (χ2n) is 4.08. The molecule has 7 heteroatoms. The van der Waals surface area contributed by atoms with Gasteiger partial charge in [-0.15, -0.1) is 11.3 Å². The van der Waals surface area contributed by atoms with Gasteiger partial charge in [-0.05, 0) is 19.9 Å². The van der Waals surface area contributed by atoms with Gasteiger partial charge in [0.05, 0.1) is 16.0 Å². The molecule has 2 rings (SSSR count). The standard InChI is InChI=1S/C12H12ClN3O2S/c1-7-6-19-12(14-7)8(2)15-11-9(13)4-3-5-10(11)16(17)18/h3-6,8,15H,1-2H3. The molecular formula is C12H12ClN3O2S. The molecule has 0 aliphatic rings. The maximum absolute atomic E-state index is 11.0. The van der Waals surface area contributed by atoms with Crippen LogP contribution >= 0.6 is 22.9 Å². The zero-order valence-electron chi connectivity index (χ0n) is 10.4. The number of benzene rings is 1. The summed E-state index contributed by atoms with van der Waals surface area (Å²) in [5.74, 6) is 0. The van der Waals surface area contributed by atoms with Gasteiger partial charge < -0.3 is 5.32 Å². The maximum Gasteiger partial charge on any atom is 0.293 e. The van der Waals surface area contributed by atoms with Gasteiger partial charge in [-0.25, -0.2) is 4.98 Å². The molecule has 1 N–H and O–H groups in total. The number of aromatic nitrogens is 1. The number of nitro groups is 1. The molecule has 0 saturated heterocycles. The van der Waals surface area contributed by atoms with Gasteiger partial charge in [-0.2, -0.15) is 0 Å². The predicted molar refractivity (Wildman–Crippen MR) is 77.0 cm³/mol. The molecule has 0 amide bonds. The van der Waals surface area contributed by atoms with Crippen LogP contribution in [-0.4, -0.2) is 9.91 Å². The summed E-state index contributed by atoms with van der Waals surface area (Å²) in [4.78, 5) is 14.9. The number of anilines is 1. The van der Waals surface area contributed by atoms with Crippen LogP contribution in [0.15, 0.2) is 23.6 Å². The molecular weight excluding hydrogens is 286 g/mol. The number of nitro benzene ring substituents is 1. The lowest BCUT2D eigenvalue weighted by Crippen LogP contribution is -2.08. The highest BCUT2D eigenvalue weighted by Gasteiger charge is 2.19. The third-order valence-corrected chi connectivity index (χ3v) is 4.02. The highest BCUT2D eigenvalue weighted by Crippen LogP contribution is 2.34. The number of halogens is 1. The summed E-state index contributed by atoms with van der Waals surface area (Å²) in [7, 11) is 0. The fourth-order valence-electron chi connectivity index (χ4n) is 1.66. The molecule has 1 unspecified atom stereocenters. The van der Waals surface area contributed by atoms with Crippen molar-refractivity contribution in [1.82, 2.24) is 4.98 Å². The van der Waals surface area contributed by atoms with Crippen LogP contribution in [0.1, 0.15) is 23.7 Å². The Labute approximate surface area is 119 Å². The van der Waals surface area contributed by atoms with Crippen molar-refractivity contribution < 1.29 is 4.92 Å². The van der Waals surface area contributed by atoms with Gasteiger partial charge in [-0.3, -0.25) is 10.1 Å². The first-order valence-corrected chi connectivity index (χ1v) is 6.86. The summed E-state index contributed by atoms with van der Waals surface area (Å²) in [6.45, 7) is 3.80. The third kappa shape index (κ3) is 3.02. The Morgan fingerprint density at radius 3 is 2.84 bits per heavy atom. The monoisotopic (exact) mass is 297 g/mol. The maximum atomic E-state index is 11.0. The minimum atomic E-state index is -0.450. The van der Waals surface area contributed by atoms with Crippen LogP contribution in [0.4, 0.5) is 11.4 Å². The van der Waals surface area contributed by atoms with E-state index in [2.05, 4.69) is 10.3 Å². The molecule has 1 heterocycles. The second-order valence-corrected chi connectivity index (χ2v) is 5.38. The quantitative estimate of drug-likeness (QED) is 0.679. The Morgan fingerprint density at radius 2 is 2.26 bits per heavy atom. The molecule has 0 aliphatic heterocycles. The Bertz CT molecular complexity index is 615. The first kappa shape index (κ1) is 13.8. The minimum Gasteiger partial charge on any atom is -0.369 e. The fourth-order valence-corrected chi connectivity index (χ4v) is 2.68. The van der Waals surface area contributed by atoms with E-state index in [0.29, 0.717) is 10.7 Å². The van der Waals surface area contributed by atoms with Crippen molar-refractivity contribution in [3.63, 3.8) is 0 Å². The first-order valence-electron chi connectivity index (χ1n) is 5.60. The van der Waals surface area contributed by atoms with Gasteiger partial charge in [0.15, 0.2) is 0 Å². The van der Waals surface area contributed by atoms with Crippen molar-refractivity contribution in [3.05, 3.63) is 49.4 Å². The lowest BCUT2D eigenvalue weighted by atomic mass is 10.2. The van der Waals surface area contributed by atoms with Gasteiger partial charge in [0, 0.05) is 17.1 Å². The fraction of sp³-hybridized carbons (Fsp3) is 0.250. The predicted octanol–water partition coefficient (Wildman–Crippen LogP) is 4.19. The molecule has 100 valence electrons. The number of hydrogen-bond acceptors (Lipinski definition) is 5. The summed E-state index contributed by atoms with van der Waals surface area (Å²) in [6.07, 6.45) is 0. The van der Waals surface area contributed by atoms with Crippen molar-refractivity contribution in [3.8, 4) is 0 Å². The van der Waals surface area contributed by atoms with E-state index in [-0.39, 0.29) is 11.7 Å². The molecule has 5 nitrogen and oxygen atoms in total. The van der Waals surface area contributed by atoms with Crippen LogP contribution in [-0.2, 0) is 0 Å². The van der Waals surface area contributed by atoms with E-state index >= 15 is 0 Å². The second kappa shape index (κ2) is 5.54. The molecule has 1 atom stereocenters. The average molecular weight is 298 g/mol. The lowest BCUT2D eigenvalue weighted by molar-refractivity contribution is -0.384. The number of hydrogen-bond donors (Lipinski definition) is 1. The zero-order valence-corrected chi connectivity index (χ0v) is 12.0. The number of rotatable bonds is 4. The smallest absolute Gasteiger partial charge is 0.293 e. The van der Waals surface area contributed by atoms with E-state index in [0.717, 1.165) is 10.7 Å². The SMILES string of the molecule is Cc1csc(C(C)Nc2c(Cl)cccc2[N+](=O)[O-])n1. The summed E-state index contributed by atoms with van der Waals surface area (Å²) in [5.41, 5.74) is 1.23. The molecule has 1 aromatic heterocycles. The third-order valence-electron chi connectivity index (χ3n) is 2.56. The summed E-state index contributed by atoms with van der Waals surface area (Å²) in [6, 6.07) is 4.46. The first-order chi connectivity index (χ1) is 8.99. The van der Waals surface area contributed by atoms with Crippen molar-refractivity contribution >= 4 is 34.3 Å². The van der Waals surface area contributed by atoms with E-state index in [1.54, 1.807) is 12.1 Å². The van der Waals surface area contributed by atoms with Crippen LogP contribution in [0, 0.1) is 17.0 Å². The molecule has 0 fully saturated rings. The number of nitrogens with one attached hydrogen (secondary N) is 1. The van der Waals surface area contributed by atoms with Crippen molar-refractivity contribution in [2.45, 2.75) is 19.9 Å². The van der Waals surface area contributed by atoms with Crippen LogP contribution in [0.2, 0.25) is 5.02 Å². The van der Waals surface area contributed by atoms with Gasteiger partial charge in [0.25, 0.3) is 5.69 Å². The van der Waals surface area contributed by atoms with Crippen LogP contribution < -0.4 is 5.32 Å². The van der Waals surface area contributed by atoms with E-state index in [1.807, 2.05) is 19.2 Å². The van der Waals surface area contributed by atoms with E-state index in [4.69, 9.17) is 11.6 Å².